The minimum absolute atomic E-state index is 0.0301. The van der Waals surface area contributed by atoms with Crippen LogP contribution < -0.4 is 9.47 Å². The van der Waals surface area contributed by atoms with E-state index in [1.807, 2.05) is 34.9 Å². The molecule has 9 heteroatoms. The molecule has 6 rings (SSSR count). The minimum atomic E-state index is -4.69. The molecular weight excluding hydrogens is 557 g/mol. The maximum Gasteiger partial charge on any atom is 0.417 e. The Morgan fingerprint density at radius 1 is 0.860 bits per heavy atom. The number of hydrogen-bond donors (Lipinski definition) is 1. The fourth-order valence-corrected chi connectivity index (χ4v) is 5.63. The lowest BCUT2D eigenvalue weighted by atomic mass is 9.94. The molecule has 0 bridgehead atoms. The number of fused-ring (bicyclic) bond motifs is 1. The molecule has 0 atom stereocenters. The van der Waals surface area contributed by atoms with Crippen LogP contribution in [0.25, 0.3) is 22.4 Å². The van der Waals surface area contributed by atoms with Gasteiger partial charge >= 0.3 is 12.1 Å². The first-order valence-corrected chi connectivity index (χ1v) is 14.2. The number of halogens is 3. The van der Waals surface area contributed by atoms with E-state index in [1.54, 1.807) is 30.3 Å². The van der Waals surface area contributed by atoms with Gasteiger partial charge in [-0.25, -0.2) is 9.78 Å². The van der Waals surface area contributed by atoms with Crippen LogP contribution in [-0.4, -0.2) is 20.6 Å². The van der Waals surface area contributed by atoms with Crippen LogP contribution in [0.2, 0.25) is 0 Å². The fraction of sp³-hybridized carbons (Fsp3) is 0.235. The summed E-state index contributed by atoms with van der Waals surface area (Å²) in [6.45, 7) is 0.390. The Kier molecular flexibility index (Phi) is 7.80. The maximum atomic E-state index is 14.5. The van der Waals surface area contributed by atoms with Gasteiger partial charge in [0, 0.05) is 11.6 Å². The van der Waals surface area contributed by atoms with Crippen molar-refractivity contribution in [1.29, 1.82) is 0 Å². The van der Waals surface area contributed by atoms with E-state index in [4.69, 9.17) is 9.47 Å². The second-order valence-corrected chi connectivity index (χ2v) is 10.7. The van der Waals surface area contributed by atoms with Crippen molar-refractivity contribution in [2.24, 2.45) is 0 Å². The number of carboxylic acids is 1. The van der Waals surface area contributed by atoms with Gasteiger partial charge in [-0.05, 0) is 79.1 Å². The number of nitrogens with zero attached hydrogens (tertiary/aromatic N) is 2. The highest BCUT2D eigenvalue weighted by atomic mass is 19.4. The molecule has 1 heterocycles. The van der Waals surface area contributed by atoms with E-state index >= 15 is 0 Å². The van der Waals surface area contributed by atoms with Crippen LogP contribution in [-0.2, 0) is 12.8 Å². The van der Waals surface area contributed by atoms with Gasteiger partial charge in [0.25, 0.3) is 0 Å². The van der Waals surface area contributed by atoms with Crippen LogP contribution >= 0.6 is 0 Å². The van der Waals surface area contributed by atoms with E-state index in [9.17, 15) is 23.1 Å². The largest absolute Gasteiger partial charge is 0.489 e. The molecule has 0 amide bonds. The Hall–Kier alpha value is -4.79. The quantitative estimate of drug-likeness (QED) is 0.196. The average molecular weight is 587 g/mol. The predicted octanol–water partition coefficient (Wildman–Crippen LogP) is 9.30. The number of alkyl halides is 3. The zero-order valence-corrected chi connectivity index (χ0v) is 23.2. The van der Waals surface area contributed by atoms with E-state index in [0.29, 0.717) is 29.1 Å². The van der Waals surface area contributed by atoms with Gasteiger partial charge in [-0.1, -0.05) is 49.6 Å². The number of hydrogen-bond acceptors (Lipinski definition) is 4. The number of ether oxygens (including phenoxy) is 2. The summed E-state index contributed by atoms with van der Waals surface area (Å²) in [6, 6.07) is 24.7. The van der Waals surface area contributed by atoms with Gasteiger partial charge in [-0.2, -0.15) is 13.2 Å². The lowest BCUT2D eigenvalue weighted by Crippen LogP contribution is -2.15. The average Bonchev–Trinajstić information content (AvgIpc) is 3.40. The van der Waals surface area contributed by atoms with Crippen LogP contribution in [0.4, 0.5) is 13.2 Å². The Bertz CT molecular complexity index is 1740. The lowest BCUT2D eigenvalue weighted by molar-refractivity contribution is -0.137. The summed E-state index contributed by atoms with van der Waals surface area (Å²) in [5, 5.41) is 9.47. The minimum Gasteiger partial charge on any atom is -0.489 e. The van der Waals surface area contributed by atoms with Gasteiger partial charge < -0.3 is 19.1 Å². The molecule has 5 aromatic rings. The highest BCUT2D eigenvalue weighted by Gasteiger charge is 2.36. The van der Waals surface area contributed by atoms with Crippen molar-refractivity contribution in [3.63, 3.8) is 0 Å². The van der Waals surface area contributed by atoms with Gasteiger partial charge in [0.1, 0.15) is 29.7 Å². The van der Waals surface area contributed by atoms with E-state index in [0.717, 1.165) is 43.7 Å². The molecule has 6 nitrogen and oxygen atoms in total. The third-order valence-corrected chi connectivity index (χ3v) is 7.72. The number of rotatable bonds is 8. The highest BCUT2D eigenvalue weighted by Crippen LogP contribution is 2.43. The number of carbonyl (C=O) groups is 1. The Morgan fingerprint density at radius 2 is 1.56 bits per heavy atom. The van der Waals surface area contributed by atoms with Crippen molar-refractivity contribution >= 4 is 17.0 Å². The van der Waals surface area contributed by atoms with Crippen molar-refractivity contribution in [2.45, 2.75) is 50.9 Å². The van der Waals surface area contributed by atoms with Crippen molar-refractivity contribution in [1.82, 2.24) is 9.55 Å². The molecule has 1 aliphatic rings. The van der Waals surface area contributed by atoms with E-state index < -0.39 is 17.7 Å². The molecule has 1 fully saturated rings. The molecule has 0 unspecified atom stereocenters. The van der Waals surface area contributed by atoms with Crippen LogP contribution in [0.1, 0.15) is 59.6 Å². The normalized spacial score (nSPS) is 14.1. The fourth-order valence-electron chi connectivity index (χ4n) is 5.63. The van der Waals surface area contributed by atoms with Crippen molar-refractivity contribution in [3.05, 3.63) is 108 Å². The van der Waals surface area contributed by atoms with Crippen LogP contribution in [0.15, 0.2) is 91.0 Å². The third-order valence-electron chi connectivity index (χ3n) is 7.72. The molecule has 1 N–H and O–H groups in total. The topological polar surface area (TPSA) is 73.6 Å². The third kappa shape index (κ3) is 6.21. The Morgan fingerprint density at radius 3 is 2.26 bits per heavy atom. The smallest absolute Gasteiger partial charge is 0.417 e. The molecule has 1 aliphatic carbocycles. The van der Waals surface area contributed by atoms with E-state index in [1.165, 1.54) is 24.3 Å². The van der Waals surface area contributed by atoms with E-state index in [2.05, 4.69) is 4.98 Å². The summed E-state index contributed by atoms with van der Waals surface area (Å²) in [7, 11) is 0. The first-order valence-electron chi connectivity index (χ1n) is 14.2. The first-order chi connectivity index (χ1) is 20.8. The lowest BCUT2D eigenvalue weighted by Gasteiger charge is -2.26. The van der Waals surface area contributed by atoms with Gasteiger partial charge in [0.15, 0.2) is 0 Å². The van der Waals surface area contributed by atoms with Crippen molar-refractivity contribution < 1.29 is 32.5 Å². The molecule has 0 saturated heterocycles. The summed E-state index contributed by atoms with van der Waals surface area (Å²) in [5.41, 5.74) is 1.06. The molecule has 1 aromatic heterocycles. The SMILES string of the molecule is O=C(O)c1ccc2c(c1)nc(-c1ccc(Oc3ccc(OCc4ccccc4)cc3)cc1C(F)(F)F)n2C1CCCCC1. The monoisotopic (exact) mass is 586 g/mol. The molecule has 0 aliphatic heterocycles. The van der Waals surface area contributed by atoms with E-state index in [-0.39, 0.29) is 28.7 Å². The zero-order chi connectivity index (χ0) is 30.0. The number of aromatic carboxylic acids is 1. The summed E-state index contributed by atoms with van der Waals surface area (Å²) in [5.74, 6) is 0.0495. The molecule has 0 spiro atoms. The second-order valence-electron chi connectivity index (χ2n) is 10.7. The summed E-state index contributed by atoms with van der Waals surface area (Å²) < 4.78 is 57.1. The van der Waals surface area contributed by atoms with Crippen molar-refractivity contribution in [3.8, 4) is 28.6 Å². The Labute approximate surface area is 246 Å². The van der Waals surface area contributed by atoms with Gasteiger partial charge in [0.05, 0.1) is 22.2 Å². The standard InChI is InChI=1S/C34H29F3N2O4/c35-34(36,37)29-20-27(43-26-14-12-25(13-15-26)42-21-22-7-3-1-4-8-22)16-17-28(29)32-38-30-19-23(33(40)41)11-18-31(30)39(32)24-9-5-2-6-10-24/h1,3-4,7-8,11-20,24H,2,5-6,9-10,21H2,(H,40,41). The predicted molar refractivity (Wildman–Crippen MR) is 157 cm³/mol. The van der Waals surface area contributed by atoms with Crippen molar-refractivity contribution in [2.75, 3.05) is 0 Å². The molecule has 220 valence electrons. The Balaban J connectivity index is 1.32. The number of carboxylic acid groups (broad SMARTS) is 1. The van der Waals surface area contributed by atoms with Gasteiger partial charge in [-0.3, -0.25) is 0 Å². The van der Waals surface area contributed by atoms with Gasteiger partial charge in [-0.15, -0.1) is 0 Å². The van der Waals surface area contributed by atoms with Crippen LogP contribution in [0.5, 0.6) is 17.2 Å². The van der Waals surface area contributed by atoms with Gasteiger partial charge in [0.2, 0.25) is 0 Å². The maximum absolute atomic E-state index is 14.5. The van der Waals surface area contributed by atoms with Crippen LogP contribution in [0, 0.1) is 0 Å². The second kappa shape index (κ2) is 11.8. The molecule has 43 heavy (non-hydrogen) atoms. The molecule has 0 radical (unpaired) electrons. The summed E-state index contributed by atoms with van der Waals surface area (Å²) >= 11 is 0. The highest BCUT2D eigenvalue weighted by molar-refractivity contribution is 5.93. The molecular formula is C34H29F3N2O4. The number of imidazole rings is 1. The number of aromatic nitrogens is 2. The first kappa shape index (κ1) is 28.3. The van der Waals surface area contributed by atoms with Crippen LogP contribution in [0.3, 0.4) is 0 Å². The summed E-state index contributed by atoms with van der Waals surface area (Å²) in [6.07, 6.45) is -0.0648. The molecule has 1 saturated carbocycles. The summed E-state index contributed by atoms with van der Waals surface area (Å²) in [4.78, 5) is 16.2. The zero-order valence-electron chi connectivity index (χ0n) is 23.2. The molecule has 4 aromatic carbocycles. The number of benzene rings is 4.